The maximum atomic E-state index is 13.6. The Morgan fingerprint density at radius 3 is 2.56 bits per heavy atom. The first-order chi connectivity index (χ1) is 12.8. The summed E-state index contributed by atoms with van der Waals surface area (Å²) in [6, 6.07) is 11.3. The smallest absolute Gasteiger partial charge is 0.366 e. The van der Waals surface area contributed by atoms with E-state index in [1.165, 1.54) is 18.3 Å². The maximum absolute atomic E-state index is 13.6. The van der Waals surface area contributed by atoms with E-state index in [1.54, 1.807) is 24.3 Å². The molecule has 9 heteroatoms. The Kier molecular flexibility index (Phi) is 5.46. The Bertz CT molecular complexity index is 947. The summed E-state index contributed by atoms with van der Waals surface area (Å²) in [5, 5.41) is 5.24. The van der Waals surface area contributed by atoms with E-state index in [0.717, 1.165) is 12.1 Å². The van der Waals surface area contributed by atoms with E-state index in [9.17, 15) is 17.6 Å². The zero-order valence-corrected chi connectivity index (χ0v) is 14.4. The Morgan fingerprint density at radius 2 is 1.81 bits per heavy atom. The third-order valence-electron chi connectivity index (χ3n) is 3.60. The summed E-state index contributed by atoms with van der Waals surface area (Å²) in [6.07, 6.45) is -3.14. The third-order valence-corrected chi connectivity index (χ3v) is 3.93. The van der Waals surface area contributed by atoms with E-state index < -0.39 is 16.8 Å². The third kappa shape index (κ3) is 4.85. The van der Waals surface area contributed by atoms with Gasteiger partial charge in [0.2, 0.25) is 5.95 Å². The molecule has 0 bridgehead atoms. The van der Waals surface area contributed by atoms with Crippen LogP contribution in [0.2, 0.25) is 5.02 Å². The zero-order chi connectivity index (χ0) is 19.4. The van der Waals surface area contributed by atoms with Gasteiger partial charge in [-0.3, -0.25) is 0 Å². The van der Waals surface area contributed by atoms with Crippen LogP contribution in [-0.4, -0.2) is 9.97 Å². The molecule has 0 aliphatic heterocycles. The lowest BCUT2D eigenvalue weighted by atomic mass is 10.2. The molecule has 0 saturated carbocycles. The van der Waals surface area contributed by atoms with Gasteiger partial charge in [0.05, 0.1) is 10.6 Å². The van der Waals surface area contributed by atoms with Crippen LogP contribution < -0.4 is 10.6 Å². The fourth-order valence-corrected chi connectivity index (χ4v) is 2.52. The molecule has 0 atom stereocenters. The number of hydrogen-bond donors (Lipinski definition) is 2. The van der Waals surface area contributed by atoms with E-state index in [0.29, 0.717) is 11.4 Å². The molecule has 0 spiro atoms. The number of aromatic nitrogens is 2. The van der Waals surface area contributed by atoms with Gasteiger partial charge in [0, 0.05) is 24.0 Å². The molecule has 2 aromatic carbocycles. The molecular weight excluding hydrogens is 384 g/mol. The predicted molar refractivity (Wildman–Crippen MR) is 95.5 cm³/mol. The summed E-state index contributed by atoms with van der Waals surface area (Å²) >= 11 is 5.60. The molecule has 1 heterocycles. The molecule has 2 N–H and O–H groups in total. The Labute approximate surface area is 157 Å². The van der Waals surface area contributed by atoms with Crippen molar-refractivity contribution in [3.05, 3.63) is 76.7 Å². The van der Waals surface area contributed by atoms with Crippen molar-refractivity contribution in [3.63, 3.8) is 0 Å². The molecular formula is C18H13ClF4N4. The van der Waals surface area contributed by atoms with E-state index in [4.69, 9.17) is 11.6 Å². The number of anilines is 3. The van der Waals surface area contributed by atoms with Gasteiger partial charge in [0.1, 0.15) is 11.6 Å². The average Bonchev–Trinajstić information content (AvgIpc) is 2.62. The monoisotopic (exact) mass is 396 g/mol. The van der Waals surface area contributed by atoms with Gasteiger partial charge >= 0.3 is 6.18 Å². The second kappa shape index (κ2) is 7.79. The van der Waals surface area contributed by atoms with Crippen molar-refractivity contribution in [2.45, 2.75) is 12.7 Å². The summed E-state index contributed by atoms with van der Waals surface area (Å²) in [6.45, 7) is 0.197. The quantitative estimate of drug-likeness (QED) is 0.548. The van der Waals surface area contributed by atoms with Crippen molar-refractivity contribution in [1.82, 2.24) is 9.97 Å². The van der Waals surface area contributed by atoms with E-state index in [1.807, 2.05) is 0 Å². The summed E-state index contributed by atoms with van der Waals surface area (Å²) in [5.41, 5.74) is -0.362. The first-order valence-electron chi connectivity index (χ1n) is 7.77. The Hall–Kier alpha value is -2.87. The van der Waals surface area contributed by atoms with Crippen molar-refractivity contribution in [2.24, 2.45) is 0 Å². The number of alkyl halides is 3. The second-order valence-corrected chi connectivity index (χ2v) is 5.94. The van der Waals surface area contributed by atoms with Gasteiger partial charge < -0.3 is 10.6 Å². The highest BCUT2D eigenvalue weighted by atomic mass is 35.5. The minimum atomic E-state index is -4.57. The van der Waals surface area contributed by atoms with Gasteiger partial charge in [-0.1, -0.05) is 29.8 Å². The van der Waals surface area contributed by atoms with Crippen LogP contribution in [0.25, 0.3) is 0 Å². The minimum absolute atomic E-state index is 0.0870. The number of rotatable bonds is 5. The number of nitrogens with one attached hydrogen (secondary N) is 2. The molecule has 0 amide bonds. The van der Waals surface area contributed by atoms with Gasteiger partial charge in [-0.05, 0) is 30.3 Å². The SMILES string of the molecule is Fc1ccccc1CNc1ccnc(Nc2ccc(Cl)c(C(F)(F)F)c2)n1. The van der Waals surface area contributed by atoms with E-state index in [-0.39, 0.29) is 24.0 Å². The maximum Gasteiger partial charge on any atom is 0.417 e. The molecule has 0 unspecified atom stereocenters. The molecule has 140 valence electrons. The number of halogens is 5. The van der Waals surface area contributed by atoms with Crippen molar-refractivity contribution < 1.29 is 17.6 Å². The van der Waals surface area contributed by atoms with Gasteiger partial charge in [-0.2, -0.15) is 18.2 Å². The lowest BCUT2D eigenvalue weighted by molar-refractivity contribution is -0.137. The van der Waals surface area contributed by atoms with Crippen LogP contribution in [0.3, 0.4) is 0 Å². The predicted octanol–water partition coefficient (Wildman–Crippen LogP) is 5.64. The van der Waals surface area contributed by atoms with Crippen LogP contribution in [0.15, 0.2) is 54.7 Å². The van der Waals surface area contributed by atoms with Crippen molar-refractivity contribution in [3.8, 4) is 0 Å². The zero-order valence-electron chi connectivity index (χ0n) is 13.7. The standard InChI is InChI=1S/C18H13ClF4N4/c19-14-6-5-12(9-13(14)18(21,22)23)26-17-24-8-7-16(27-17)25-10-11-3-1-2-4-15(11)20/h1-9H,10H2,(H2,24,25,26,27). The van der Waals surface area contributed by atoms with Gasteiger partial charge in [0.15, 0.2) is 0 Å². The molecule has 4 nitrogen and oxygen atoms in total. The van der Waals surface area contributed by atoms with Crippen LogP contribution in [0.5, 0.6) is 0 Å². The van der Waals surface area contributed by atoms with Crippen LogP contribution in [0.4, 0.5) is 35.0 Å². The topological polar surface area (TPSA) is 49.8 Å². The number of nitrogens with zero attached hydrogens (tertiary/aromatic N) is 2. The van der Waals surface area contributed by atoms with E-state index in [2.05, 4.69) is 20.6 Å². The summed E-state index contributed by atoms with van der Waals surface area (Å²) in [7, 11) is 0. The lowest BCUT2D eigenvalue weighted by Gasteiger charge is -2.12. The van der Waals surface area contributed by atoms with Crippen molar-refractivity contribution >= 4 is 29.1 Å². The highest BCUT2D eigenvalue weighted by Crippen LogP contribution is 2.36. The van der Waals surface area contributed by atoms with Crippen LogP contribution in [0, 0.1) is 5.82 Å². The molecule has 0 radical (unpaired) electrons. The Morgan fingerprint density at radius 1 is 1.04 bits per heavy atom. The molecule has 0 aliphatic rings. The molecule has 1 aromatic heterocycles. The molecule has 0 fully saturated rings. The fourth-order valence-electron chi connectivity index (χ4n) is 2.29. The van der Waals surface area contributed by atoms with Crippen LogP contribution in [-0.2, 0) is 12.7 Å². The molecule has 0 aliphatic carbocycles. The average molecular weight is 397 g/mol. The van der Waals surface area contributed by atoms with Crippen molar-refractivity contribution in [2.75, 3.05) is 10.6 Å². The molecule has 3 aromatic rings. The summed E-state index contributed by atoms with van der Waals surface area (Å²) in [5.74, 6) is 0.128. The van der Waals surface area contributed by atoms with Crippen LogP contribution >= 0.6 is 11.6 Å². The number of hydrogen-bond acceptors (Lipinski definition) is 4. The fraction of sp³-hybridized carbons (Fsp3) is 0.111. The normalized spacial score (nSPS) is 11.3. The first-order valence-corrected chi connectivity index (χ1v) is 8.15. The van der Waals surface area contributed by atoms with Gasteiger partial charge in [0.25, 0.3) is 0 Å². The largest absolute Gasteiger partial charge is 0.417 e. The van der Waals surface area contributed by atoms with Gasteiger partial charge in [-0.15, -0.1) is 0 Å². The van der Waals surface area contributed by atoms with Crippen molar-refractivity contribution in [1.29, 1.82) is 0 Å². The summed E-state index contributed by atoms with van der Waals surface area (Å²) in [4.78, 5) is 8.13. The van der Waals surface area contributed by atoms with Crippen LogP contribution in [0.1, 0.15) is 11.1 Å². The highest BCUT2D eigenvalue weighted by Gasteiger charge is 2.33. The minimum Gasteiger partial charge on any atom is -0.366 e. The highest BCUT2D eigenvalue weighted by molar-refractivity contribution is 6.31. The Balaban J connectivity index is 1.74. The molecule has 0 saturated heterocycles. The first kappa shape index (κ1) is 18.9. The second-order valence-electron chi connectivity index (χ2n) is 5.53. The van der Waals surface area contributed by atoms with Gasteiger partial charge in [-0.25, -0.2) is 9.37 Å². The number of benzene rings is 2. The lowest BCUT2D eigenvalue weighted by Crippen LogP contribution is -2.08. The molecule has 27 heavy (non-hydrogen) atoms. The molecule has 3 rings (SSSR count). The van der Waals surface area contributed by atoms with E-state index >= 15 is 0 Å². The summed E-state index contributed by atoms with van der Waals surface area (Å²) < 4.78 is 52.5.